The second-order valence-corrected chi connectivity index (χ2v) is 9.01. The molecular formula is C21H29ClFN5O4. The van der Waals surface area contributed by atoms with Crippen molar-refractivity contribution in [3.63, 3.8) is 0 Å². The van der Waals surface area contributed by atoms with Gasteiger partial charge in [0, 0.05) is 25.6 Å². The van der Waals surface area contributed by atoms with Crippen molar-refractivity contribution in [1.29, 1.82) is 0 Å². The molecule has 32 heavy (non-hydrogen) atoms. The van der Waals surface area contributed by atoms with Gasteiger partial charge in [-0.3, -0.25) is 0 Å². The van der Waals surface area contributed by atoms with Crippen LogP contribution >= 0.6 is 11.6 Å². The summed E-state index contributed by atoms with van der Waals surface area (Å²) in [7, 11) is 1.38. The molecular weight excluding hydrogens is 441 g/mol. The van der Waals surface area contributed by atoms with Gasteiger partial charge in [-0.05, 0) is 34.1 Å². The number of carbonyl (C=O) groups is 1. The lowest BCUT2D eigenvalue weighted by atomic mass is 10.00. The molecule has 2 aromatic rings. The van der Waals surface area contributed by atoms with Crippen LogP contribution in [0.25, 0.3) is 10.9 Å². The highest BCUT2D eigenvalue weighted by atomic mass is 35.5. The topological polar surface area (TPSA) is 98.7 Å². The van der Waals surface area contributed by atoms with Crippen LogP contribution in [0.2, 0.25) is 5.15 Å². The highest BCUT2D eigenvalue weighted by Gasteiger charge is 2.30. The first-order valence-corrected chi connectivity index (χ1v) is 10.9. The van der Waals surface area contributed by atoms with Crippen molar-refractivity contribution >= 4 is 34.4 Å². The van der Waals surface area contributed by atoms with E-state index in [2.05, 4.69) is 20.3 Å². The van der Waals surface area contributed by atoms with Gasteiger partial charge in [0.05, 0.1) is 7.11 Å². The molecule has 1 amide bonds. The Hall–Kier alpha value is -2.62. The second kappa shape index (κ2) is 9.48. The largest absolute Gasteiger partial charge is 0.474 e. The first-order chi connectivity index (χ1) is 15.0. The molecule has 11 heteroatoms. The Morgan fingerprint density at radius 2 is 2.06 bits per heavy atom. The van der Waals surface area contributed by atoms with E-state index in [0.29, 0.717) is 19.6 Å². The lowest BCUT2D eigenvalue weighted by molar-refractivity contribution is 0.0176. The van der Waals surface area contributed by atoms with Crippen molar-refractivity contribution in [2.24, 2.45) is 5.92 Å². The van der Waals surface area contributed by atoms with E-state index in [1.165, 1.54) is 7.11 Å². The minimum atomic E-state index is -0.789. The second-order valence-electron chi connectivity index (χ2n) is 8.65. The van der Waals surface area contributed by atoms with Gasteiger partial charge in [-0.2, -0.15) is 15.0 Å². The Bertz CT molecular complexity index is 1000. The van der Waals surface area contributed by atoms with Crippen molar-refractivity contribution in [2.45, 2.75) is 52.7 Å². The third-order valence-corrected chi connectivity index (χ3v) is 5.39. The number of aromatic nitrogens is 3. The third kappa shape index (κ3) is 5.23. The third-order valence-electron chi connectivity index (χ3n) is 5.14. The minimum absolute atomic E-state index is 0.0366. The highest BCUT2D eigenvalue weighted by Crippen LogP contribution is 2.36. The van der Waals surface area contributed by atoms with Crippen LogP contribution in [0.3, 0.4) is 0 Å². The fourth-order valence-electron chi connectivity index (χ4n) is 3.46. The van der Waals surface area contributed by atoms with E-state index in [0.717, 1.165) is 6.42 Å². The van der Waals surface area contributed by atoms with Crippen molar-refractivity contribution in [1.82, 2.24) is 19.9 Å². The van der Waals surface area contributed by atoms with Gasteiger partial charge in [-0.1, -0.05) is 18.5 Å². The Labute approximate surface area is 191 Å². The molecule has 2 unspecified atom stereocenters. The molecule has 0 bridgehead atoms. The van der Waals surface area contributed by atoms with Crippen LogP contribution in [0.5, 0.6) is 11.9 Å². The average molecular weight is 470 g/mol. The van der Waals surface area contributed by atoms with Crippen LogP contribution in [-0.4, -0.2) is 64.4 Å². The Kier molecular flexibility index (Phi) is 7.12. The molecule has 176 valence electrons. The fourth-order valence-corrected chi connectivity index (χ4v) is 3.62. The molecule has 3 heterocycles. The van der Waals surface area contributed by atoms with Crippen molar-refractivity contribution < 1.29 is 23.4 Å². The maximum absolute atomic E-state index is 14.8. The minimum Gasteiger partial charge on any atom is -0.474 e. The Morgan fingerprint density at radius 1 is 1.34 bits per heavy atom. The fraction of sp³-hybridized carbons (Fsp3) is 0.619. The molecule has 0 aromatic carbocycles. The van der Waals surface area contributed by atoms with Gasteiger partial charge in [0.15, 0.2) is 11.0 Å². The Morgan fingerprint density at radius 3 is 2.69 bits per heavy atom. The zero-order valence-electron chi connectivity index (χ0n) is 19.2. The first kappa shape index (κ1) is 24.0. The van der Waals surface area contributed by atoms with Gasteiger partial charge in [0.25, 0.3) is 0 Å². The molecule has 0 radical (unpaired) electrons. The number of pyridine rings is 1. The SMILES string of the molecule is CCC1CN(C(=O)OC(C)(C)C)CCNc2nc(OC)nc3c(F)c(Cl)nc(c23)OC1C. The molecule has 0 spiro atoms. The number of nitrogens with zero attached hydrogens (tertiary/aromatic N) is 4. The summed E-state index contributed by atoms with van der Waals surface area (Å²) in [6.45, 7) is 10.4. The molecule has 0 aliphatic carbocycles. The number of nitrogens with one attached hydrogen (secondary N) is 1. The van der Waals surface area contributed by atoms with E-state index < -0.39 is 17.5 Å². The number of anilines is 1. The number of carbonyl (C=O) groups excluding carboxylic acids is 1. The van der Waals surface area contributed by atoms with Crippen molar-refractivity contribution in [3.05, 3.63) is 11.0 Å². The number of ether oxygens (including phenoxy) is 3. The quantitative estimate of drug-likeness (QED) is 0.650. The summed E-state index contributed by atoms with van der Waals surface area (Å²) in [4.78, 5) is 27.0. The summed E-state index contributed by atoms with van der Waals surface area (Å²) in [6.07, 6.45) is -0.0488. The summed E-state index contributed by atoms with van der Waals surface area (Å²) in [5.74, 6) is -0.434. The summed E-state index contributed by atoms with van der Waals surface area (Å²) < 4.78 is 31.7. The van der Waals surface area contributed by atoms with Crippen molar-refractivity contribution in [2.75, 3.05) is 32.1 Å². The van der Waals surface area contributed by atoms with Crippen LogP contribution in [-0.2, 0) is 4.74 Å². The lowest BCUT2D eigenvalue weighted by Crippen LogP contribution is -2.44. The predicted octanol–water partition coefficient (Wildman–Crippen LogP) is 4.28. The van der Waals surface area contributed by atoms with Gasteiger partial charge in [-0.25, -0.2) is 9.18 Å². The molecule has 1 N–H and O–H groups in total. The summed E-state index contributed by atoms with van der Waals surface area (Å²) in [6, 6.07) is -0.0366. The number of halogens is 2. The number of hydrogen-bond acceptors (Lipinski definition) is 8. The van der Waals surface area contributed by atoms with Crippen LogP contribution in [0.15, 0.2) is 0 Å². The summed E-state index contributed by atoms with van der Waals surface area (Å²) >= 11 is 6.03. The van der Waals surface area contributed by atoms with Crippen LogP contribution in [0.1, 0.15) is 41.0 Å². The van der Waals surface area contributed by atoms with Crippen molar-refractivity contribution in [3.8, 4) is 11.9 Å². The van der Waals surface area contributed by atoms with Gasteiger partial charge >= 0.3 is 12.1 Å². The monoisotopic (exact) mass is 469 g/mol. The first-order valence-electron chi connectivity index (χ1n) is 10.5. The molecule has 9 nitrogen and oxygen atoms in total. The maximum Gasteiger partial charge on any atom is 0.410 e. The summed E-state index contributed by atoms with van der Waals surface area (Å²) in [5, 5.41) is 3.04. The standard InChI is InChI=1S/C21H29ClFN5O4/c1-7-12-10-28(20(29)32-21(3,4)5)9-8-24-17-13-15(25-19(27-17)30-6)14(23)16(22)26-18(13)31-11(12)2/h11-12H,7-10H2,1-6H3,(H,24,25,27). The van der Waals surface area contributed by atoms with Crippen LogP contribution in [0, 0.1) is 11.7 Å². The van der Waals surface area contributed by atoms with Crippen LogP contribution in [0.4, 0.5) is 15.0 Å². The molecule has 2 aromatic heterocycles. The van der Waals surface area contributed by atoms with E-state index in [-0.39, 0.29) is 45.8 Å². The smallest absolute Gasteiger partial charge is 0.410 e. The molecule has 3 rings (SSSR count). The zero-order valence-corrected chi connectivity index (χ0v) is 19.9. The summed E-state index contributed by atoms with van der Waals surface area (Å²) in [5.41, 5.74) is -0.681. The van der Waals surface area contributed by atoms with Gasteiger partial charge < -0.3 is 24.4 Å². The molecule has 0 fully saturated rings. The van der Waals surface area contributed by atoms with Gasteiger partial charge in [0.2, 0.25) is 5.88 Å². The molecule has 1 aliphatic heterocycles. The number of hydrogen-bond donors (Lipinski definition) is 1. The number of methoxy groups -OCH3 is 1. The molecule has 0 saturated heterocycles. The van der Waals surface area contributed by atoms with E-state index in [4.69, 9.17) is 25.8 Å². The lowest BCUT2D eigenvalue weighted by Gasteiger charge is -2.32. The van der Waals surface area contributed by atoms with E-state index in [9.17, 15) is 9.18 Å². The predicted molar refractivity (Wildman–Crippen MR) is 119 cm³/mol. The van der Waals surface area contributed by atoms with E-state index in [1.807, 2.05) is 34.6 Å². The molecule has 0 saturated carbocycles. The zero-order chi connectivity index (χ0) is 23.6. The maximum atomic E-state index is 14.8. The molecule has 2 atom stereocenters. The van der Waals surface area contributed by atoms with E-state index in [1.54, 1.807) is 4.90 Å². The Balaban J connectivity index is 2.07. The normalized spacial score (nSPS) is 19.6. The number of rotatable bonds is 2. The highest BCUT2D eigenvalue weighted by molar-refractivity contribution is 6.30. The van der Waals surface area contributed by atoms with Gasteiger partial charge in [0.1, 0.15) is 28.4 Å². The average Bonchev–Trinajstić information content (AvgIpc) is 2.73. The van der Waals surface area contributed by atoms with Crippen LogP contribution < -0.4 is 14.8 Å². The van der Waals surface area contributed by atoms with Gasteiger partial charge in [-0.15, -0.1) is 0 Å². The number of amides is 1. The molecule has 1 aliphatic rings. The van der Waals surface area contributed by atoms with E-state index >= 15 is 0 Å².